The van der Waals surface area contributed by atoms with Gasteiger partial charge in [0.1, 0.15) is 35.0 Å². The number of ether oxygens (including phenoxy) is 1. The van der Waals surface area contributed by atoms with Crippen LogP contribution in [0.1, 0.15) is 11.1 Å². The molecule has 1 amide bonds. The third-order valence-corrected chi connectivity index (χ3v) is 6.13. The predicted molar refractivity (Wildman–Crippen MR) is 128 cm³/mol. The maximum absolute atomic E-state index is 13.3. The molecular weight excluding hydrogens is 454 g/mol. The average molecular weight is 475 g/mol. The summed E-state index contributed by atoms with van der Waals surface area (Å²) in [4.78, 5) is 36.8. The van der Waals surface area contributed by atoms with Crippen LogP contribution in [0.3, 0.4) is 0 Å². The van der Waals surface area contributed by atoms with Crippen molar-refractivity contribution >= 4 is 45.5 Å². The van der Waals surface area contributed by atoms with Gasteiger partial charge in [-0.25, -0.2) is 0 Å². The molecule has 178 valence electrons. The van der Waals surface area contributed by atoms with E-state index in [1.807, 2.05) is 0 Å². The largest absolute Gasteiger partial charge is 0.508 e. The summed E-state index contributed by atoms with van der Waals surface area (Å²) in [7, 11) is 0. The van der Waals surface area contributed by atoms with Crippen LogP contribution in [0.15, 0.2) is 52.9 Å². The van der Waals surface area contributed by atoms with E-state index in [0.717, 1.165) is 5.56 Å². The van der Waals surface area contributed by atoms with Crippen LogP contribution in [0.4, 0.5) is 11.4 Å². The number of carbonyl (C=O) groups is 2. The lowest BCUT2D eigenvalue weighted by Gasteiger charge is -2.21. The van der Waals surface area contributed by atoms with Crippen molar-refractivity contribution in [3.05, 3.63) is 69.8 Å². The summed E-state index contributed by atoms with van der Waals surface area (Å²) < 4.78 is 11.3. The van der Waals surface area contributed by atoms with Gasteiger partial charge in [-0.2, -0.15) is 0 Å². The Morgan fingerprint density at radius 3 is 2.71 bits per heavy atom. The van der Waals surface area contributed by atoms with Crippen molar-refractivity contribution in [2.45, 2.75) is 18.9 Å². The highest BCUT2D eigenvalue weighted by Gasteiger charge is 2.37. The number of carbonyl (C=O) groups excluding carboxylic acids is 2. The molecule has 1 aromatic heterocycles. The molecule has 0 fully saturated rings. The van der Waals surface area contributed by atoms with Crippen LogP contribution in [0.25, 0.3) is 21.9 Å². The Bertz CT molecular complexity index is 1480. The molecule has 0 radical (unpaired) electrons. The molecule has 0 bridgehead atoms. The number of phenols is 1. The van der Waals surface area contributed by atoms with E-state index in [1.165, 1.54) is 23.1 Å². The highest BCUT2D eigenvalue weighted by atomic mass is 16.6. The number of amides is 1. The zero-order chi connectivity index (χ0) is 24.7. The lowest BCUT2D eigenvalue weighted by molar-refractivity contribution is -0.384. The topological polar surface area (TPSA) is 149 Å². The lowest BCUT2D eigenvalue weighted by Crippen LogP contribution is -2.44. The van der Waals surface area contributed by atoms with Gasteiger partial charge in [0, 0.05) is 17.3 Å². The van der Waals surface area contributed by atoms with Gasteiger partial charge in [-0.1, -0.05) is 12.1 Å². The van der Waals surface area contributed by atoms with Gasteiger partial charge < -0.3 is 24.9 Å². The third kappa shape index (κ3) is 3.93. The van der Waals surface area contributed by atoms with Crippen molar-refractivity contribution < 1.29 is 28.8 Å². The van der Waals surface area contributed by atoms with Crippen LogP contribution in [0.2, 0.25) is 0 Å². The average Bonchev–Trinajstić information content (AvgIpc) is 3.44. The number of fused-ring (bicyclic) bond motifs is 5. The number of rotatable bonds is 7. The molecule has 1 unspecified atom stereocenters. The normalized spacial score (nSPS) is 13.7. The number of furan rings is 1. The number of nitrogens with two attached hydrogens (primary N) is 1. The van der Waals surface area contributed by atoms with Crippen LogP contribution >= 0.6 is 0 Å². The molecule has 1 atom stereocenters. The SMILES string of the molecule is NC(Cc1ccc(O)cc1)C(=O)N1CCc2c1c([N+](=O)[O-])cc1oc3ccc(OCC=O)cc3c21. The van der Waals surface area contributed by atoms with E-state index in [-0.39, 0.29) is 36.7 Å². The molecule has 35 heavy (non-hydrogen) atoms. The fourth-order valence-electron chi connectivity index (χ4n) is 4.61. The first-order valence-electron chi connectivity index (χ1n) is 10.9. The van der Waals surface area contributed by atoms with Crippen LogP contribution < -0.4 is 15.4 Å². The smallest absolute Gasteiger partial charge is 0.297 e. The second kappa shape index (κ2) is 8.73. The molecule has 0 saturated carbocycles. The van der Waals surface area contributed by atoms with Crippen LogP contribution in [0.5, 0.6) is 11.5 Å². The number of aromatic hydroxyl groups is 1. The Hall–Kier alpha value is -4.44. The Balaban J connectivity index is 1.58. The minimum atomic E-state index is -0.926. The number of anilines is 1. The first-order valence-corrected chi connectivity index (χ1v) is 10.9. The molecule has 0 spiro atoms. The molecule has 1 aliphatic heterocycles. The summed E-state index contributed by atoms with van der Waals surface area (Å²) in [5.41, 5.74) is 8.44. The maximum Gasteiger partial charge on any atom is 0.297 e. The summed E-state index contributed by atoms with van der Waals surface area (Å²) in [6, 6.07) is 11.8. The summed E-state index contributed by atoms with van der Waals surface area (Å²) in [6.45, 7) is 0.136. The Kier molecular flexibility index (Phi) is 5.58. The number of nitrogens with zero attached hydrogens (tertiary/aromatic N) is 2. The number of benzene rings is 3. The minimum Gasteiger partial charge on any atom is -0.508 e. The molecule has 0 aliphatic carbocycles. The first kappa shape index (κ1) is 22.4. The van der Waals surface area contributed by atoms with E-state index in [0.29, 0.717) is 46.0 Å². The lowest BCUT2D eigenvalue weighted by atomic mass is 10.0. The summed E-state index contributed by atoms with van der Waals surface area (Å²) >= 11 is 0. The summed E-state index contributed by atoms with van der Waals surface area (Å²) in [6.07, 6.45) is 1.25. The molecule has 3 N–H and O–H groups in total. The number of hydrogen-bond donors (Lipinski definition) is 2. The second-order valence-corrected chi connectivity index (χ2v) is 8.31. The molecule has 10 nitrogen and oxygen atoms in total. The molecule has 3 aromatic carbocycles. The van der Waals surface area contributed by atoms with Crippen LogP contribution in [-0.4, -0.2) is 41.4 Å². The highest BCUT2D eigenvalue weighted by Crippen LogP contribution is 2.46. The molecule has 2 heterocycles. The van der Waals surface area contributed by atoms with E-state index < -0.39 is 16.9 Å². The van der Waals surface area contributed by atoms with Crippen molar-refractivity contribution in [2.24, 2.45) is 5.73 Å². The monoisotopic (exact) mass is 475 g/mol. The van der Waals surface area contributed by atoms with E-state index in [4.69, 9.17) is 14.9 Å². The number of phenolic OH excluding ortho intramolecular Hbond substituents is 1. The van der Waals surface area contributed by atoms with E-state index in [1.54, 1.807) is 30.3 Å². The number of nitro benzene ring substituents is 1. The van der Waals surface area contributed by atoms with Gasteiger partial charge in [0.25, 0.3) is 5.69 Å². The molecule has 4 aromatic rings. The first-order chi connectivity index (χ1) is 16.9. The van der Waals surface area contributed by atoms with E-state index in [9.17, 15) is 24.8 Å². The van der Waals surface area contributed by atoms with Crippen LogP contribution in [-0.2, 0) is 22.4 Å². The highest BCUT2D eigenvalue weighted by molar-refractivity contribution is 6.13. The van der Waals surface area contributed by atoms with Gasteiger partial charge in [-0.3, -0.25) is 19.7 Å². The molecule has 10 heteroatoms. The number of hydrogen-bond acceptors (Lipinski definition) is 8. The van der Waals surface area contributed by atoms with Gasteiger partial charge in [-0.05, 0) is 54.3 Å². The van der Waals surface area contributed by atoms with Gasteiger partial charge in [0.15, 0.2) is 6.29 Å². The predicted octanol–water partition coefficient (Wildman–Crippen LogP) is 3.24. The zero-order valence-corrected chi connectivity index (χ0v) is 18.5. The summed E-state index contributed by atoms with van der Waals surface area (Å²) in [5.74, 6) is 0.136. The Labute approximate surface area is 198 Å². The maximum atomic E-state index is 13.3. The molecular formula is C25H21N3O7. The van der Waals surface area contributed by atoms with Crippen LogP contribution in [0, 0.1) is 10.1 Å². The van der Waals surface area contributed by atoms with Gasteiger partial charge in [0.2, 0.25) is 5.91 Å². The fraction of sp³-hybridized carbons (Fsp3) is 0.200. The number of nitro groups is 1. The van der Waals surface area contributed by atoms with Gasteiger partial charge in [0.05, 0.1) is 17.0 Å². The minimum absolute atomic E-state index is 0.105. The van der Waals surface area contributed by atoms with Gasteiger partial charge in [-0.15, -0.1) is 0 Å². The standard InChI is InChI=1S/C25H21N3O7/c26-19(11-14-1-3-15(30)4-2-14)25(31)27-8-7-17-23-18-12-16(34-10-9-29)5-6-21(18)35-22(23)13-20(24(17)27)28(32)33/h1-6,9,12-13,19,30H,7-8,10-11,26H2. The second-order valence-electron chi connectivity index (χ2n) is 8.31. The van der Waals surface area contributed by atoms with Gasteiger partial charge >= 0.3 is 0 Å². The van der Waals surface area contributed by atoms with E-state index >= 15 is 0 Å². The zero-order valence-electron chi connectivity index (χ0n) is 18.5. The molecule has 1 aliphatic rings. The van der Waals surface area contributed by atoms with Crippen molar-refractivity contribution in [1.82, 2.24) is 0 Å². The Morgan fingerprint density at radius 2 is 2.00 bits per heavy atom. The quantitative estimate of drug-likeness (QED) is 0.235. The fourth-order valence-corrected chi connectivity index (χ4v) is 4.61. The summed E-state index contributed by atoms with van der Waals surface area (Å²) in [5, 5.41) is 22.8. The van der Waals surface area contributed by atoms with E-state index in [2.05, 4.69) is 0 Å². The number of aldehydes is 1. The van der Waals surface area contributed by atoms with Crippen molar-refractivity contribution in [2.75, 3.05) is 18.1 Å². The Morgan fingerprint density at radius 1 is 1.23 bits per heavy atom. The van der Waals surface area contributed by atoms with Crippen molar-refractivity contribution in [1.29, 1.82) is 0 Å². The van der Waals surface area contributed by atoms with Crippen molar-refractivity contribution in [3.63, 3.8) is 0 Å². The van der Waals surface area contributed by atoms with Crippen molar-refractivity contribution in [3.8, 4) is 11.5 Å². The molecule has 5 rings (SSSR count). The molecule has 0 saturated heterocycles. The third-order valence-electron chi connectivity index (χ3n) is 6.13.